The number of ketones is 2. The molecule has 0 bridgehead atoms. The largest absolute Gasteiger partial charge is 0.444 e. The van der Waals surface area contributed by atoms with Gasteiger partial charge in [0, 0.05) is 86.6 Å². The van der Waals surface area contributed by atoms with Crippen LogP contribution < -0.4 is 10.2 Å². The summed E-state index contributed by atoms with van der Waals surface area (Å²) in [5.41, 5.74) is 3.85. The number of Topliss-reactive ketones (excluding diaryl/α,β-unsaturated/α-hetero) is 2. The average Bonchev–Trinajstić information content (AvgIpc) is 0.802. The zero-order valence-electron chi connectivity index (χ0n) is 54.2. The van der Waals surface area contributed by atoms with Crippen LogP contribution in [0, 0.1) is 0 Å². The van der Waals surface area contributed by atoms with Crippen LogP contribution in [0.4, 0.5) is 21.0 Å². The molecule has 520 valence electrons. The third kappa shape index (κ3) is 29.6. The smallest absolute Gasteiger partial charge is 0.414 e. The summed E-state index contributed by atoms with van der Waals surface area (Å²) < 4.78 is 55.2. The van der Waals surface area contributed by atoms with Gasteiger partial charge >= 0.3 is 30.7 Å². The van der Waals surface area contributed by atoms with Crippen molar-refractivity contribution in [3.05, 3.63) is 142 Å². The zero-order chi connectivity index (χ0) is 70.9. The molecule has 21 nitrogen and oxygen atoms in total. The van der Waals surface area contributed by atoms with E-state index in [1.165, 1.54) is 37.2 Å². The van der Waals surface area contributed by atoms with Crippen molar-refractivity contribution >= 4 is 155 Å². The first kappa shape index (κ1) is 84.2. The van der Waals surface area contributed by atoms with Gasteiger partial charge in [0.2, 0.25) is 0 Å². The van der Waals surface area contributed by atoms with Crippen molar-refractivity contribution in [3.63, 3.8) is 0 Å². The Balaban J connectivity index is 0.000000382. The number of amides is 1. The fourth-order valence-corrected chi connectivity index (χ4v) is 19.6. The number of nitrogens with one attached hydrogen (secondary N) is 1. The second-order valence-electron chi connectivity index (χ2n) is 22.8. The van der Waals surface area contributed by atoms with E-state index in [0.717, 1.165) is 78.1 Å². The number of pyridine rings is 2. The molecule has 1 amide bonds. The minimum Gasteiger partial charge on any atom is -0.444 e. The van der Waals surface area contributed by atoms with Crippen LogP contribution >= 0.6 is 99.1 Å². The van der Waals surface area contributed by atoms with Gasteiger partial charge in [0.25, 0.3) is 0 Å². The lowest BCUT2D eigenvalue weighted by Crippen LogP contribution is -2.40. The number of rotatable bonds is 29. The van der Waals surface area contributed by atoms with E-state index in [1.807, 2.05) is 43.5 Å². The molecular weight excluding hydrogens is 1420 g/mol. The Morgan fingerprint density at radius 1 is 0.617 bits per heavy atom. The normalized spacial score (nSPS) is 12.7. The van der Waals surface area contributed by atoms with Crippen LogP contribution in [-0.4, -0.2) is 160 Å². The summed E-state index contributed by atoms with van der Waals surface area (Å²) in [7, 11) is -15.7. The summed E-state index contributed by atoms with van der Waals surface area (Å²) in [6.45, 7) is 25.1. The summed E-state index contributed by atoms with van der Waals surface area (Å²) in [5, 5.41) is 12.6. The fourth-order valence-electron chi connectivity index (χ4n) is 9.87. The molecule has 94 heavy (non-hydrogen) atoms. The number of aliphatic hydroxyl groups excluding tert-OH is 1. The van der Waals surface area contributed by atoms with Crippen molar-refractivity contribution in [2.75, 3.05) is 76.1 Å². The van der Waals surface area contributed by atoms with Gasteiger partial charge in [-0.2, -0.15) is 0 Å². The Bertz CT molecular complexity index is 3580. The van der Waals surface area contributed by atoms with Gasteiger partial charge in [0.15, 0.2) is 17.0 Å². The van der Waals surface area contributed by atoms with E-state index in [9.17, 15) is 57.0 Å². The number of fused-ring (bicyclic) bond motifs is 2. The number of nitrogens with zero attached hydrogens (tertiary/aromatic N) is 5. The van der Waals surface area contributed by atoms with Crippen LogP contribution in [0.2, 0.25) is 10.0 Å². The predicted molar refractivity (Wildman–Crippen MR) is 383 cm³/mol. The highest BCUT2D eigenvalue weighted by atomic mass is 35.6. The summed E-state index contributed by atoms with van der Waals surface area (Å²) >= 11 is 31.9. The Labute approximate surface area is 580 Å². The Morgan fingerprint density at radius 2 is 1.10 bits per heavy atom. The number of halogens is 6. The number of carbonyl (C=O) groups excluding carboxylic acids is 4. The number of ether oxygens (including phenoxy) is 2. The van der Waals surface area contributed by atoms with E-state index in [-0.39, 0.29) is 37.0 Å². The Hall–Kier alpha value is -4.04. The minimum atomic E-state index is -5.24. The van der Waals surface area contributed by atoms with Gasteiger partial charge in [-0.3, -0.25) is 33.6 Å². The topological polar surface area (TPSA) is 304 Å². The van der Waals surface area contributed by atoms with Gasteiger partial charge in [0.05, 0.1) is 43.0 Å². The highest BCUT2D eigenvalue weighted by Crippen LogP contribution is 2.63. The fraction of sp³-hybridized carbons (Fsp3) is 0.460. The quantitative estimate of drug-likeness (QED) is 0.0110. The van der Waals surface area contributed by atoms with E-state index in [4.69, 9.17) is 67.8 Å². The molecule has 0 aliphatic carbocycles. The lowest BCUT2D eigenvalue weighted by molar-refractivity contribution is 0.0975. The van der Waals surface area contributed by atoms with Crippen molar-refractivity contribution in [1.29, 1.82) is 0 Å². The third-order valence-electron chi connectivity index (χ3n) is 14.9. The van der Waals surface area contributed by atoms with Crippen LogP contribution in [0.25, 0.3) is 21.8 Å². The number of anilines is 2. The van der Waals surface area contributed by atoms with E-state index < -0.39 is 68.0 Å². The van der Waals surface area contributed by atoms with Crippen molar-refractivity contribution in [1.82, 2.24) is 19.8 Å². The third-order valence-corrected chi connectivity index (χ3v) is 26.0. The summed E-state index contributed by atoms with van der Waals surface area (Å²) in [5.74, 6) is -1.01. The zero-order valence-corrected chi connectivity index (χ0v) is 62.3. The van der Waals surface area contributed by atoms with Crippen molar-refractivity contribution in [2.24, 2.45) is 0 Å². The van der Waals surface area contributed by atoms with Crippen LogP contribution in [0.5, 0.6) is 0 Å². The average molecular weight is 1500 g/mol. The Kier molecular flexibility index (Phi) is 35.4. The predicted octanol–water partition coefficient (Wildman–Crippen LogP) is 16.6. The number of alkyl halides is 3. The molecule has 2 aromatic heterocycles. The number of carbonyl (C=O) groups is 4. The lowest BCUT2D eigenvalue weighted by atomic mass is 10.1. The van der Waals surface area contributed by atoms with E-state index in [2.05, 4.69) is 76.0 Å². The van der Waals surface area contributed by atoms with Crippen molar-refractivity contribution in [3.8, 4) is 0 Å². The van der Waals surface area contributed by atoms with Gasteiger partial charge in [-0.1, -0.05) is 99.4 Å². The molecule has 6 N–H and O–H groups in total. The molecule has 0 spiro atoms. The molecule has 0 aliphatic heterocycles. The molecular formula is C63H86Cl6N6O15P4. The number of hydrogen-bond donors (Lipinski definition) is 6. The molecule has 6 aromatic rings. The van der Waals surface area contributed by atoms with E-state index in [0.29, 0.717) is 39.8 Å². The molecule has 31 heteroatoms. The molecule has 0 fully saturated rings. The van der Waals surface area contributed by atoms with Gasteiger partial charge < -0.3 is 58.4 Å². The molecule has 2 unspecified atom stereocenters. The highest BCUT2D eigenvalue weighted by molar-refractivity contribution is 7.80. The highest BCUT2D eigenvalue weighted by Gasteiger charge is 2.45. The minimum absolute atomic E-state index is 0.00618. The molecule has 0 aliphatic rings. The first-order chi connectivity index (χ1) is 43.8. The van der Waals surface area contributed by atoms with Crippen LogP contribution in [0.1, 0.15) is 112 Å². The number of aliphatic hydroxyl groups is 1. The summed E-state index contributed by atoms with van der Waals surface area (Å²) in [4.78, 5) is 101. The van der Waals surface area contributed by atoms with Gasteiger partial charge in [-0.25, -0.2) is 9.59 Å². The summed E-state index contributed by atoms with van der Waals surface area (Å²) in [6.07, 6.45) is 5.79. The van der Waals surface area contributed by atoms with E-state index in [1.54, 1.807) is 80.2 Å². The molecule has 2 atom stereocenters. The monoisotopic (exact) mass is 1500 g/mol. The molecule has 0 saturated carbocycles. The Morgan fingerprint density at radius 3 is 1.56 bits per heavy atom. The second-order valence-corrected chi connectivity index (χ2v) is 37.5. The summed E-state index contributed by atoms with van der Waals surface area (Å²) in [6, 6.07) is 27.4. The SMILES string of the molecule is CCN(CC)CCCC(C)N(C(=O)OCc1ccc(C(=O)CC(P(=O)(O)O)P(=O)(O)O)cc1)c1cc(Cl)cc2ncccc12.CCN(CC)CCCC(C)Nc1ccnc2cc(Cl)ccc12.CP(C)(=O)C(CC(=O)c1ccc(CO)cc1)P(C)(C)=O.O=C(Cl)OC(Cl)(Cl)Cl. The van der Waals surface area contributed by atoms with Gasteiger partial charge in [-0.15, -0.1) is 0 Å². The molecule has 2 heterocycles. The second kappa shape index (κ2) is 39.5. The standard InChI is InChI=1S/C29H38ClN3O9P2.C18H26ClN3.C14H22O4P2.C2Cl4O2/c1-4-32(5-2)15-7-8-20(3)33(26-17-23(30)16-25-24(26)9-6-14-31-25)29(35)42-19-21-10-12-22(13-11-21)27(34)18-28(43(36,37)38)44(39,40)41;1-4-22(5-2)12-6-7-14(3)21-17-10-11-20-18-13-15(19)8-9-16(17)18;1-19(2,17)14(20(3,4)18)9-13(16)12-7-5-11(10-15)6-8-12;3-1(7)8-2(4,5)6/h6,9-14,16-17,20,28H,4-5,7-8,15,18-19H2,1-3H3,(H2,36,37,38)(H2,39,40,41);8-11,13-14H,4-7,12H2,1-3H3,(H,20,21);5-8,14-15H,9-10H2,1-4H3;. The molecule has 0 saturated heterocycles. The van der Waals surface area contributed by atoms with Crippen LogP contribution in [0.15, 0.2) is 109 Å². The maximum Gasteiger partial charge on any atom is 0.414 e. The lowest BCUT2D eigenvalue weighted by Gasteiger charge is -2.30. The number of benzene rings is 4. The van der Waals surface area contributed by atoms with Crippen LogP contribution in [0.3, 0.4) is 0 Å². The van der Waals surface area contributed by atoms with Gasteiger partial charge in [0.1, 0.15) is 6.61 Å². The van der Waals surface area contributed by atoms with E-state index >= 15 is 0 Å². The van der Waals surface area contributed by atoms with Crippen molar-refractivity contribution in [2.45, 2.75) is 120 Å². The maximum atomic E-state index is 13.6. The molecule has 4 aromatic carbocycles. The first-order valence-corrected chi connectivity index (χ1v) is 41.0. The van der Waals surface area contributed by atoms with Crippen LogP contribution in [-0.2, 0) is 40.9 Å². The molecule has 0 radical (unpaired) electrons. The maximum absolute atomic E-state index is 13.6. The molecule has 6 rings (SSSR count). The van der Waals surface area contributed by atoms with Crippen molar-refractivity contribution < 1.29 is 71.6 Å². The first-order valence-electron chi connectivity index (χ1n) is 30.0. The number of hydrogen-bond acceptors (Lipinski definition) is 16. The number of aromatic nitrogens is 2. The van der Waals surface area contributed by atoms with Gasteiger partial charge in [-0.05, 0) is 200 Å².